The van der Waals surface area contributed by atoms with E-state index in [0.717, 1.165) is 22.7 Å². The lowest BCUT2D eigenvalue weighted by Gasteiger charge is -2.25. The summed E-state index contributed by atoms with van der Waals surface area (Å²) in [5, 5.41) is 2.64. The Labute approximate surface area is 240 Å². The Hall–Kier alpha value is -3.81. The number of ether oxygens (including phenoxy) is 3. The van der Waals surface area contributed by atoms with Gasteiger partial charge in [0.1, 0.15) is 12.3 Å². The monoisotopic (exact) mass is 603 g/mol. The molecule has 1 saturated heterocycles. The summed E-state index contributed by atoms with van der Waals surface area (Å²) in [4.78, 5) is 13.4. The fraction of sp³-hybridized carbons (Fsp3) is 0.321. The summed E-state index contributed by atoms with van der Waals surface area (Å²) in [7, 11) is -3.73. The van der Waals surface area contributed by atoms with Gasteiger partial charge in [-0.3, -0.25) is 9.10 Å². The Morgan fingerprint density at radius 1 is 0.805 bits per heavy atom. The standard InChI is InChI=1S/C28H33N3O8S2/c1-20-7-10-22(11-8-20)41(35,36)31(21-9-13-26(38-3)27(17-21)39-4)19-28(32)29-24-18-23(12-14-25(24)37-2)40(33,34)30-15-5-6-16-30/h7-14,17-18H,5-6,15-16,19H2,1-4H3,(H,29,32). The van der Waals surface area contributed by atoms with Crippen molar-refractivity contribution >= 4 is 37.3 Å². The van der Waals surface area contributed by atoms with Crippen LogP contribution in [0.5, 0.6) is 17.2 Å². The van der Waals surface area contributed by atoms with E-state index in [1.165, 1.54) is 68.1 Å². The number of anilines is 2. The Morgan fingerprint density at radius 2 is 1.39 bits per heavy atom. The van der Waals surface area contributed by atoms with E-state index in [1.54, 1.807) is 18.2 Å². The highest BCUT2D eigenvalue weighted by molar-refractivity contribution is 7.92. The molecule has 0 saturated carbocycles. The van der Waals surface area contributed by atoms with Gasteiger partial charge in [0.15, 0.2) is 11.5 Å². The molecule has 1 aliphatic heterocycles. The van der Waals surface area contributed by atoms with Crippen molar-refractivity contribution in [1.82, 2.24) is 4.31 Å². The first-order valence-corrected chi connectivity index (χ1v) is 15.7. The highest BCUT2D eigenvalue weighted by Gasteiger charge is 2.30. The number of sulfonamides is 2. The normalized spacial score (nSPS) is 14.0. The van der Waals surface area contributed by atoms with Crippen molar-refractivity contribution in [2.75, 3.05) is 50.6 Å². The van der Waals surface area contributed by atoms with E-state index in [4.69, 9.17) is 14.2 Å². The third-order valence-electron chi connectivity index (χ3n) is 6.70. The molecule has 41 heavy (non-hydrogen) atoms. The molecule has 0 aliphatic carbocycles. The van der Waals surface area contributed by atoms with E-state index in [-0.39, 0.29) is 32.7 Å². The number of carbonyl (C=O) groups excluding carboxylic acids is 1. The van der Waals surface area contributed by atoms with E-state index in [1.807, 2.05) is 6.92 Å². The lowest BCUT2D eigenvalue weighted by Crippen LogP contribution is -2.38. The van der Waals surface area contributed by atoms with Crippen LogP contribution in [0.2, 0.25) is 0 Å². The molecule has 11 nitrogen and oxygen atoms in total. The van der Waals surface area contributed by atoms with Gasteiger partial charge in [-0.2, -0.15) is 4.31 Å². The van der Waals surface area contributed by atoms with Crippen LogP contribution in [0.3, 0.4) is 0 Å². The number of methoxy groups -OCH3 is 3. The summed E-state index contributed by atoms with van der Waals surface area (Å²) < 4.78 is 72.2. The quantitative estimate of drug-likeness (QED) is 0.352. The molecule has 3 aromatic rings. The maximum atomic E-state index is 13.8. The van der Waals surface area contributed by atoms with Crippen LogP contribution in [-0.4, -0.2) is 68.0 Å². The van der Waals surface area contributed by atoms with Crippen LogP contribution >= 0.6 is 0 Å². The number of carbonyl (C=O) groups is 1. The molecule has 0 unspecified atom stereocenters. The summed E-state index contributed by atoms with van der Waals surface area (Å²) >= 11 is 0. The molecular formula is C28H33N3O8S2. The van der Waals surface area contributed by atoms with Gasteiger partial charge in [0.25, 0.3) is 10.0 Å². The Bertz CT molecular complexity index is 1620. The van der Waals surface area contributed by atoms with Crippen LogP contribution in [-0.2, 0) is 24.8 Å². The minimum atomic E-state index is -4.22. The van der Waals surface area contributed by atoms with E-state index in [0.29, 0.717) is 18.8 Å². The molecular weight excluding hydrogens is 570 g/mol. The third kappa shape index (κ3) is 6.42. The highest BCUT2D eigenvalue weighted by atomic mass is 32.2. The minimum Gasteiger partial charge on any atom is -0.495 e. The Kier molecular flexibility index (Phi) is 9.10. The van der Waals surface area contributed by atoms with Crippen LogP contribution < -0.4 is 23.8 Å². The van der Waals surface area contributed by atoms with E-state index in [9.17, 15) is 21.6 Å². The number of nitrogens with one attached hydrogen (secondary N) is 1. The smallest absolute Gasteiger partial charge is 0.264 e. The lowest BCUT2D eigenvalue weighted by atomic mass is 10.2. The average molecular weight is 604 g/mol. The van der Waals surface area contributed by atoms with Crippen molar-refractivity contribution in [2.45, 2.75) is 29.6 Å². The largest absolute Gasteiger partial charge is 0.495 e. The predicted molar refractivity (Wildman–Crippen MR) is 155 cm³/mol. The first-order valence-electron chi connectivity index (χ1n) is 12.8. The van der Waals surface area contributed by atoms with E-state index >= 15 is 0 Å². The molecule has 1 heterocycles. The molecule has 1 N–H and O–H groups in total. The maximum absolute atomic E-state index is 13.8. The number of benzene rings is 3. The van der Waals surface area contributed by atoms with Crippen molar-refractivity contribution in [3.8, 4) is 17.2 Å². The number of nitrogens with zero attached hydrogens (tertiary/aromatic N) is 2. The molecule has 0 bridgehead atoms. The molecule has 1 amide bonds. The second-order valence-corrected chi connectivity index (χ2v) is 13.2. The van der Waals surface area contributed by atoms with Gasteiger partial charge in [-0.25, -0.2) is 16.8 Å². The van der Waals surface area contributed by atoms with Crippen LogP contribution in [0, 0.1) is 6.92 Å². The zero-order chi connectivity index (χ0) is 29.8. The average Bonchev–Trinajstić information content (AvgIpc) is 3.52. The Balaban J connectivity index is 1.70. The maximum Gasteiger partial charge on any atom is 0.264 e. The summed E-state index contributed by atoms with van der Waals surface area (Å²) in [5.74, 6) is 0.160. The zero-order valence-electron chi connectivity index (χ0n) is 23.3. The lowest BCUT2D eigenvalue weighted by molar-refractivity contribution is -0.114. The summed E-state index contributed by atoms with van der Waals surface area (Å²) in [6, 6.07) is 14.9. The van der Waals surface area contributed by atoms with Gasteiger partial charge in [-0.15, -0.1) is 0 Å². The molecule has 0 spiro atoms. The van der Waals surface area contributed by atoms with E-state index < -0.39 is 32.5 Å². The molecule has 4 rings (SSSR count). The van der Waals surface area contributed by atoms with Crippen LogP contribution in [0.15, 0.2) is 70.5 Å². The number of hydrogen-bond donors (Lipinski definition) is 1. The van der Waals surface area contributed by atoms with Gasteiger partial charge in [0.2, 0.25) is 15.9 Å². The second-order valence-electron chi connectivity index (χ2n) is 9.39. The molecule has 0 aromatic heterocycles. The topological polar surface area (TPSA) is 132 Å². The molecule has 3 aromatic carbocycles. The number of aryl methyl sites for hydroxylation is 1. The summed E-state index contributed by atoms with van der Waals surface area (Å²) in [6.07, 6.45) is 1.56. The predicted octanol–water partition coefficient (Wildman–Crippen LogP) is 3.64. The van der Waals surface area contributed by atoms with Gasteiger partial charge in [0, 0.05) is 19.2 Å². The van der Waals surface area contributed by atoms with Crippen LogP contribution in [0.1, 0.15) is 18.4 Å². The van der Waals surface area contributed by atoms with Gasteiger partial charge in [0.05, 0.1) is 42.5 Å². The number of hydrogen-bond acceptors (Lipinski definition) is 8. The second kappa shape index (κ2) is 12.4. The number of rotatable bonds is 11. The van der Waals surface area contributed by atoms with Gasteiger partial charge < -0.3 is 19.5 Å². The van der Waals surface area contributed by atoms with Gasteiger partial charge in [-0.1, -0.05) is 17.7 Å². The minimum absolute atomic E-state index is 0.000441. The van der Waals surface area contributed by atoms with E-state index in [2.05, 4.69) is 5.32 Å². The molecule has 0 atom stereocenters. The van der Waals surface area contributed by atoms with Crippen molar-refractivity contribution < 1.29 is 35.8 Å². The zero-order valence-corrected chi connectivity index (χ0v) is 24.9. The van der Waals surface area contributed by atoms with Crippen molar-refractivity contribution in [2.24, 2.45) is 0 Å². The molecule has 1 aliphatic rings. The van der Waals surface area contributed by atoms with Crippen molar-refractivity contribution in [3.63, 3.8) is 0 Å². The molecule has 0 radical (unpaired) electrons. The highest BCUT2D eigenvalue weighted by Crippen LogP contribution is 2.34. The van der Waals surface area contributed by atoms with Crippen molar-refractivity contribution in [3.05, 3.63) is 66.2 Å². The summed E-state index contributed by atoms with van der Waals surface area (Å²) in [5.41, 5.74) is 1.13. The molecule has 1 fully saturated rings. The van der Waals surface area contributed by atoms with Crippen molar-refractivity contribution in [1.29, 1.82) is 0 Å². The fourth-order valence-electron chi connectivity index (χ4n) is 4.48. The SMILES string of the molecule is COc1ccc(S(=O)(=O)N2CCCC2)cc1NC(=O)CN(c1ccc(OC)c(OC)c1)S(=O)(=O)c1ccc(C)cc1. The van der Waals surface area contributed by atoms with Crippen LogP contribution in [0.4, 0.5) is 11.4 Å². The molecule has 13 heteroatoms. The fourth-order valence-corrected chi connectivity index (χ4v) is 7.43. The first kappa shape index (κ1) is 30.2. The summed E-state index contributed by atoms with van der Waals surface area (Å²) in [6.45, 7) is 2.06. The van der Waals surface area contributed by atoms with Gasteiger partial charge in [-0.05, 0) is 62.2 Å². The molecule has 220 valence electrons. The Morgan fingerprint density at radius 3 is 2.00 bits per heavy atom. The van der Waals surface area contributed by atoms with Crippen LogP contribution in [0.25, 0.3) is 0 Å². The van der Waals surface area contributed by atoms with Gasteiger partial charge >= 0.3 is 0 Å². The third-order valence-corrected chi connectivity index (χ3v) is 10.4. The number of amides is 1. The first-order chi connectivity index (χ1) is 19.5.